The number of hydrogen-bond donors (Lipinski definition) is 1. The molecule has 0 spiro atoms. The van der Waals surface area contributed by atoms with Crippen LogP contribution in [0.15, 0.2) is 22.0 Å². The number of carboxylic acids is 1. The molecule has 14 heavy (non-hydrogen) atoms. The van der Waals surface area contributed by atoms with E-state index in [1.807, 2.05) is 18.4 Å². The van der Waals surface area contributed by atoms with Crippen LogP contribution in [0.1, 0.15) is 15.9 Å². The van der Waals surface area contributed by atoms with Gasteiger partial charge in [0, 0.05) is 19.9 Å². The van der Waals surface area contributed by atoms with E-state index in [1.165, 1.54) is 0 Å². The van der Waals surface area contributed by atoms with Crippen LogP contribution in [0.3, 0.4) is 0 Å². The Morgan fingerprint density at radius 1 is 1.50 bits per heavy atom. The summed E-state index contributed by atoms with van der Waals surface area (Å²) in [5.41, 5.74) is 1.18. The molecule has 1 heterocycles. The van der Waals surface area contributed by atoms with Crippen molar-refractivity contribution in [1.82, 2.24) is 0 Å². The predicted octanol–water partition coefficient (Wildman–Crippen LogP) is 3.67. The van der Waals surface area contributed by atoms with Gasteiger partial charge >= 0.3 is 5.97 Å². The average Bonchev–Trinajstić information content (AvgIpc) is 2.46. The summed E-state index contributed by atoms with van der Waals surface area (Å²) >= 11 is 5.00. The highest BCUT2D eigenvalue weighted by atomic mass is 79.9. The second kappa shape index (κ2) is 3.37. The molecule has 4 heteroatoms. The van der Waals surface area contributed by atoms with Crippen molar-refractivity contribution in [3.8, 4) is 0 Å². The number of carboxylic acid groups (broad SMARTS) is 1. The van der Waals surface area contributed by atoms with E-state index in [2.05, 4.69) is 15.9 Å². The first kappa shape index (κ1) is 9.68. The zero-order chi connectivity index (χ0) is 10.3. The fourth-order valence-electron chi connectivity index (χ4n) is 1.37. The Morgan fingerprint density at radius 2 is 2.21 bits per heavy atom. The quantitative estimate of drug-likeness (QED) is 0.859. The van der Waals surface area contributed by atoms with E-state index < -0.39 is 5.97 Å². The number of hydrogen-bond acceptors (Lipinski definition) is 2. The third kappa shape index (κ3) is 1.44. The van der Waals surface area contributed by atoms with Gasteiger partial charge in [-0.15, -0.1) is 11.3 Å². The van der Waals surface area contributed by atoms with Gasteiger partial charge in [0.05, 0.1) is 5.56 Å². The average molecular weight is 271 g/mol. The van der Waals surface area contributed by atoms with Crippen molar-refractivity contribution < 1.29 is 9.90 Å². The summed E-state index contributed by atoms with van der Waals surface area (Å²) in [6.45, 7) is 1.82. The number of carbonyl (C=O) groups is 1. The molecule has 0 radical (unpaired) electrons. The summed E-state index contributed by atoms with van der Waals surface area (Å²) in [7, 11) is 0. The zero-order valence-electron chi connectivity index (χ0n) is 7.37. The second-order valence-corrected chi connectivity index (χ2v) is 4.82. The number of benzene rings is 1. The minimum Gasteiger partial charge on any atom is -0.478 e. The molecule has 0 aliphatic rings. The van der Waals surface area contributed by atoms with E-state index in [1.54, 1.807) is 17.4 Å². The standard InChI is InChI=1S/C10H7BrO2S/c1-5-2-9-7(8(11)4-14-9)3-6(5)10(12)13/h2-4H,1H3,(H,12,13). The van der Waals surface area contributed by atoms with E-state index in [0.717, 1.165) is 20.1 Å². The molecule has 0 fully saturated rings. The van der Waals surface area contributed by atoms with Gasteiger partial charge in [-0.2, -0.15) is 0 Å². The fraction of sp³-hybridized carbons (Fsp3) is 0.100. The Bertz CT molecular complexity index is 516. The molecule has 0 bridgehead atoms. The van der Waals surface area contributed by atoms with Gasteiger partial charge < -0.3 is 5.11 Å². The molecule has 0 saturated heterocycles. The van der Waals surface area contributed by atoms with Gasteiger partial charge in [-0.3, -0.25) is 0 Å². The fourth-order valence-corrected chi connectivity index (χ4v) is 3.01. The SMILES string of the molecule is Cc1cc2scc(Br)c2cc1C(=O)O. The molecular weight excluding hydrogens is 264 g/mol. The van der Waals surface area contributed by atoms with Crippen LogP contribution in [-0.4, -0.2) is 11.1 Å². The van der Waals surface area contributed by atoms with E-state index in [4.69, 9.17) is 5.11 Å². The minimum absolute atomic E-state index is 0.372. The van der Waals surface area contributed by atoms with Crippen molar-refractivity contribution >= 4 is 43.3 Å². The summed E-state index contributed by atoms with van der Waals surface area (Å²) in [5.74, 6) is -0.873. The van der Waals surface area contributed by atoms with E-state index in [9.17, 15) is 4.79 Å². The third-order valence-electron chi connectivity index (χ3n) is 2.10. The molecule has 0 amide bonds. The molecule has 1 aromatic carbocycles. The van der Waals surface area contributed by atoms with E-state index in [-0.39, 0.29) is 0 Å². The van der Waals surface area contributed by atoms with Crippen molar-refractivity contribution in [2.24, 2.45) is 0 Å². The van der Waals surface area contributed by atoms with Gasteiger partial charge in [0.1, 0.15) is 0 Å². The highest BCUT2D eigenvalue weighted by Gasteiger charge is 2.10. The van der Waals surface area contributed by atoms with Crippen LogP contribution in [0.4, 0.5) is 0 Å². The molecule has 2 rings (SSSR count). The Labute approximate surface area is 93.3 Å². The first-order valence-electron chi connectivity index (χ1n) is 4.00. The van der Waals surface area contributed by atoms with Gasteiger partial charge in [-0.1, -0.05) is 0 Å². The van der Waals surface area contributed by atoms with E-state index >= 15 is 0 Å². The first-order chi connectivity index (χ1) is 6.59. The lowest BCUT2D eigenvalue weighted by molar-refractivity contribution is 0.0696. The topological polar surface area (TPSA) is 37.3 Å². The van der Waals surface area contributed by atoms with Gasteiger partial charge in [0.25, 0.3) is 0 Å². The van der Waals surface area contributed by atoms with Crippen molar-refractivity contribution in [3.63, 3.8) is 0 Å². The van der Waals surface area contributed by atoms with Gasteiger partial charge in [0.2, 0.25) is 0 Å². The molecule has 2 aromatic rings. The molecule has 1 N–H and O–H groups in total. The maximum atomic E-state index is 10.9. The monoisotopic (exact) mass is 270 g/mol. The molecule has 1 aromatic heterocycles. The van der Waals surface area contributed by atoms with Crippen molar-refractivity contribution in [2.45, 2.75) is 6.92 Å². The highest BCUT2D eigenvalue weighted by molar-refractivity contribution is 9.10. The molecule has 0 unspecified atom stereocenters. The molecule has 2 nitrogen and oxygen atoms in total. The number of fused-ring (bicyclic) bond motifs is 1. The van der Waals surface area contributed by atoms with Crippen LogP contribution < -0.4 is 0 Å². The maximum absolute atomic E-state index is 10.9. The molecule has 0 aliphatic heterocycles. The van der Waals surface area contributed by atoms with Gasteiger partial charge in [-0.05, 0) is 40.5 Å². The highest BCUT2D eigenvalue weighted by Crippen LogP contribution is 2.32. The number of halogens is 1. The lowest BCUT2D eigenvalue weighted by Crippen LogP contribution is -1.98. The molecule has 0 aliphatic carbocycles. The van der Waals surface area contributed by atoms with Crippen LogP contribution in [-0.2, 0) is 0 Å². The van der Waals surface area contributed by atoms with Crippen molar-refractivity contribution in [2.75, 3.05) is 0 Å². The summed E-state index contributed by atoms with van der Waals surface area (Å²) < 4.78 is 2.07. The van der Waals surface area contributed by atoms with E-state index in [0.29, 0.717) is 5.56 Å². The van der Waals surface area contributed by atoms with Crippen molar-refractivity contribution in [1.29, 1.82) is 0 Å². The summed E-state index contributed by atoms with van der Waals surface area (Å²) in [5, 5.41) is 11.9. The Hall–Kier alpha value is -0.870. The lowest BCUT2D eigenvalue weighted by atomic mass is 10.1. The second-order valence-electron chi connectivity index (χ2n) is 3.05. The third-order valence-corrected chi connectivity index (χ3v) is 4.01. The van der Waals surface area contributed by atoms with Crippen LogP contribution in [0, 0.1) is 6.92 Å². The van der Waals surface area contributed by atoms with Crippen LogP contribution in [0.2, 0.25) is 0 Å². The molecule has 72 valence electrons. The Balaban J connectivity index is 2.80. The normalized spacial score (nSPS) is 10.7. The van der Waals surface area contributed by atoms with Crippen LogP contribution in [0.5, 0.6) is 0 Å². The molecule has 0 saturated carbocycles. The number of rotatable bonds is 1. The Morgan fingerprint density at radius 3 is 2.86 bits per heavy atom. The Kier molecular flexibility index (Phi) is 2.33. The summed E-state index contributed by atoms with van der Waals surface area (Å²) in [4.78, 5) is 10.9. The maximum Gasteiger partial charge on any atom is 0.335 e. The van der Waals surface area contributed by atoms with Crippen LogP contribution >= 0.6 is 27.3 Å². The minimum atomic E-state index is -0.873. The summed E-state index contributed by atoms with van der Waals surface area (Å²) in [6.07, 6.45) is 0. The molecular formula is C10H7BrO2S. The van der Waals surface area contributed by atoms with Crippen LogP contribution in [0.25, 0.3) is 10.1 Å². The molecule has 0 atom stereocenters. The lowest BCUT2D eigenvalue weighted by Gasteiger charge is -2.00. The zero-order valence-corrected chi connectivity index (χ0v) is 9.78. The summed E-state index contributed by atoms with van der Waals surface area (Å²) in [6, 6.07) is 3.63. The first-order valence-corrected chi connectivity index (χ1v) is 5.67. The number of aromatic carboxylic acids is 1. The largest absolute Gasteiger partial charge is 0.478 e. The van der Waals surface area contributed by atoms with Gasteiger partial charge in [0.15, 0.2) is 0 Å². The number of thiophene rings is 1. The van der Waals surface area contributed by atoms with Gasteiger partial charge in [-0.25, -0.2) is 4.79 Å². The van der Waals surface area contributed by atoms with Crippen molar-refractivity contribution in [3.05, 3.63) is 33.1 Å². The predicted molar refractivity (Wildman–Crippen MR) is 61.2 cm³/mol. The smallest absolute Gasteiger partial charge is 0.335 e. The number of aryl methyl sites for hydroxylation is 1.